The molecule has 0 heterocycles. The Labute approximate surface area is 159 Å². The lowest BCUT2D eigenvalue weighted by atomic mass is 10.0. The Hall–Kier alpha value is -1.91. The van der Waals surface area contributed by atoms with E-state index in [4.69, 9.17) is 16.3 Å². The van der Waals surface area contributed by atoms with Gasteiger partial charge in [0, 0.05) is 10.6 Å². The minimum absolute atomic E-state index is 0.276. The molecule has 0 unspecified atom stereocenters. The summed E-state index contributed by atoms with van der Waals surface area (Å²) in [5, 5.41) is 15.5. The second-order valence-corrected chi connectivity index (χ2v) is 7.03. The van der Waals surface area contributed by atoms with Gasteiger partial charge < -0.3 is 15.2 Å². The zero-order valence-corrected chi connectivity index (χ0v) is 15.7. The van der Waals surface area contributed by atoms with Crippen molar-refractivity contribution in [1.29, 1.82) is 0 Å². The van der Waals surface area contributed by atoms with Crippen molar-refractivity contribution in [1.82, 2.24) is 0 Å². The number of ether oxygens (including phenoxy) is 1. The Morgan fingerprint density at radius 2 is 1.73 bits per heavy atom. The zero-order chi connectivity index (χ0) is 18.4. The third kappa shape index (κ3) is 5.05. The van der Waals surface area contributed by atoms with Crippen molar-refractivity contribution in [2.75, 3.05) is 13.2 Å². The number of nitrogens with two attached hydrogens (primary N) is 1. The summed E-state index contributed by atoms with van der Waals surface area (Å²) in [7, 11) is 0. The summed E-state index contributed by atoms with van der Waals surface area (Å²) in [6.07, 6.45) is -0.514. The van der Waals surface area contributed by atoms with E-state index in [0.29, 0.717) is 24.8 Å². The molecule has 0 saturated heterocycles. The van der Waals surface area contributed by atoms with Gasteiger partial charge in [-0.2, -0.15) is 0 Å². The Morgan fingerprint density at radius 3 is 2.54 bits per heavy atom. The van der Waals surface area contributed by atoms with Crippen LogP contribution in [0.15, 0.2) is 66.7 Å². The van der Waals surface area contributed by atoms with Crippen LogP contribution in [-0.4, -0.2) is 24.4 Å². The Bertz CT molecular complexity index is 852. The molecule has 0 bridgehead atoms. The highest BCUT2D eigenvalue weighted by Gasteiger charge is 2.13. The Balaban J connectivity index is 1.45. The summed E-state index contributed by atoms with van der Waals surface area (Å²) in [4.78, 5) is 0. The molecule has 3 aromatic carbocycles. The number of quaternary nitrogens is 1. The van der Waals surface area contributed by atoms with Gasteiger partial charge in [-0.1, -0.05) is 66.2 Å². The molecule has 0 spiro atoms. The minimum Gasteiger partial charge on any atom is -0.385 e. The molecule has 0 aromatic heterocycles. The van der Waals surface area contributed by atoms with Crippen LogP contribution in [0, 0.1) is 0 Å². The number of hydrogen-bond donors (Lipinski definition) is 2. The van der Waals surface area contributed by atoms with E-state index in [2.05, 4.69) is 54.7 Å². The lowest BCUT2D eigenvalue weighted by Gasteiger charge is -2.15. The molecule has 3 rings (SSSR count). The van der Waals surface area contributed by atoms with Crippen molar-refractivity contribution >= 4 is 22.4 Å². The molecule has 136 valence electrons. The predicted molar refractivity (Wildman–Crippen MR) is 106 cm³/mol. The van der Waals surface area contributed by atoms with Gasteiger partial charge in [0.05, 0.1) is 13.2 Å². The molecule has 3 N–H and O–H groups in total. The summed E-state index contributed by atoms with van der Waals surface area (Å²) in [6, 6.07) is 22.8. The highest BCUT2D eigenvalue weighted by molar-refractivity contribution is 6.31. The molecule has 3 nitrogen and oxygen atoms in total. The maximum absolute atomic E-state index is 10.2. The molecule has 0 fully saturated rings. The van der Waals surface area contributed by atoms with Crippen LogP contribution in [0.4, 0.5) is 0 Å². The fourth-order valence-electron chi connectivity index (χ4n) is 2.98. The normalized spacial score (nSPS) is 13.7. The van der Waals surface area contributed by atoms with E-state index in [0.717, 1.165) is 5.56 Å². The van der Waals surface area contributed by atoms with Crippen LogP contribution in [0.5, 0.6) is 0 Å². The lowest BCUT2D eigenvalue weighted by molar-refractivity contribution is -0.698. The van der Waals surface area contributed by atoms with Gasteiger partial charge in [-0.05, 0) is 35.4 Å². The topological polar surface area (TPSA) is 46.1 Å². The number of halogens is 1. The maximum atomic E-state index is 10.2. The van der Waals surface area contributed by atoms with E-state index in [1.165, 1.54) is 16.3 Å². The highest BCUT2D eigenvalue weighted by Crippen LogP contribution is 2.18. The molecular weight excluding hydrogens is 346 g/mol. The van der Waals surface area contributed by atoms with E-state index < -0.39 is 6.10 Å². The third-order valence-corrected chi connectivity index (χ3v) is 4.96. The molecule has 3 aromatic rings. The number of fused-ring (bicyclic) bond motifs is 1. The molecule has 0 aliphatic heterocycles. The maximum Gasteiger partial charge on any atom is 0.126 e. The van der Waals surface area contributed by atoms with Gasteiger partial charge in [0.2, 0.25) is 0 Å². The first kappa shape index (κ1) is 18.9. The average molecular weight is 371 g/mol. The molecule has 26 heavy (non-hydrogen) atoms. The molecule has 0 aliphatic carbocycles. The van der Waals surface area contributed by atoms with E-state index in [1.807, 2.05) is 24.3 Å². The standard InChI is InChI=1S/C22H24ClNO2/c1-16(18-11-10-17-6-2-3-7-19(17)12-18)24-13-21(25)15-26-14-20-8-4-5-9-22(20)23/h2-12,16,21,24-25H,13-15H2,1H3/p+1/t16-,21-/m0/s1. The molecule has 2 atom stereocenters. The van der Waals surface area contributed by atoms with Crippen molar-refractivity contribution < 1.29 is 15.2 Å². The van der Waals surface area contributed by atoms with Crippen molar-refractivity contribution in [3.8, 4) is 0 Å². The van der Waals surface area contributed by atoms with Crippen molar-refractivity contribution in [3.63, 3.8) is 0 Å². The molecule has 0 amide bonds. The number of hydrogen-bond acceptors (Lipinski definition) is 2. The molecule has 0 radical (unpaired) electrons. The van der Waals surface area contributed by atoms with Gasteiger partial charge >= 0.3 is 0 Å². The molecular formula is C22H25ClNO2+. The predicted octanol–water partition coefficient (Wildman–Crippen LogP) is 3.70. The molecule has 0 saturated carbocycles. The zero-order valence-electron chi connectivity index (χ0n) is 14.9. The second-order valence-electron chi connectivity index (χ2n) is 6.63. The van der Waals surface area contributed by atoms with Gasteiger partial charge in [0.15, 0.2) is 0 Å². The first-order valence-corrected chi connectivity index (χ1v) is 9.32. The summed E-state index contributed by atoms with van der Waals surface area (Å²) < 4.78 is 5.60. The van der Waals surface area contributed by atoms with Crippen LogP contribution in [-0.2, 0) is 11.3 Å². The largest absolute Gasteiger partial charge is 0.385 e. The van der Waals surface area contributed by atoms with E-state index >= 15 is 0 Å². The Morgan fingerprint density at radius 1 is 1.00 bits per heavy atom. The van der Waals surface area contributed by atoms with E-state index in [9.17, 15) is 5.11 Å². The molecule has 0 aliphatic rings. The quantitative estimate of drug-likeness (QED) is 0.635. The minimum atomic E-state index is -0.514. The number of rotatable bonds is 8. The Kier molecular flexibility index (Phi) is 6.64. The number of benzene rings is 3. The monoisotopic (exact) mass is 370 g/mol. The fourth-order valence-corrected chi connectivity index (χ4v) is 3.17. The van der Waals surface area contributed by atoms with Crippen LogP contribution >= 0.6 is 11.6 Å². The summed E-state index contributed by atoms with van der Waals surface area (Å²) in [5.41, 5.74) is 2.20. The van der Waals surface area contributed by atoms with Crippen LogP contribution in [0.2, 0.25) is 5.02 Å². The van der Waals surface area contributed by atoms with Gasteiger partial charge in [-0.3, -0.25) is 0 Å². The van der Waals surface area contributed by atoms with Gasteiger partial charge in [0.25, 0.3) is 0 Å². The van der Waals surface area contributed by atoms with Crippen LogP contribution in [0.3, 0.4) is 0 Å². The van der Waals surface area contributed by atoms with E-state index in [-0.39, 0.29) is 6.04 Å². The van der Waals surface area contributed by atoms with Gasteiger partial charge in [0.1, 0.15) is 18.7 Å². The third-order valence-electron chi connectivity index (χ3n) is 4.59. The lowest BCUT2D eigenvalue weighted by Crippen LogP contribution is -2.87. The SMILES string of the molecule is C[C@H]([NH2+]C[C@H](O)COCc1ccccc1Cl)c1ccc2ccccc2c1. The van der Waals surface area contributed by atoms with Crippen LogP contribution in [0.1, 0.15) is 24.1 Å². The first-order valence-electron chi connectivity index (χ1n) is 8.94. The van der Waals surface area contributed by atoms with Crippen LogP contribution in [0.25, 0.3) is 10.8 Å². The molecule has 4 heteroatoms. The number of aliphatic hydroxyl groups excluding tert-OH is 1. The smallest absolute Gasteiger partial charge is 0.126 e. The van der Waals surface area contributed by atoms with Crippen molar-refractivity contribution in [2.24, 2.45) is 0 Å². The van der Waals surface area contributed by atoms with E-state index in [1.54, 1.807) is 0 Å². The van der Waals surface area contributed by atoms with Crippen molar-refractivity contribution in [2.45, 2.75) is 25.7 Å². The second kappa shape index (κ2) is 9.15. The summed E-state index contributed by atoms with van der Waals surface area (Å²) >= 11 is 6.10. The fraction of sp³-hybridized carbons (Fsp3) is 0.273. The average Bonchev–Trinajstić information content (AvgIpc) is 2.67. The number of aliphatic hydroxyl groups is 1. The van der Waals surface area contributed by atoms with Gasteiger partial charge in [-0.15, -0.1) is 0 Å². The summed E-state index contributed by atoms with van der Waals surface area (Å²) in [6.45, 7) is 3.46. The van der Waals surface area contributed by atoms with Crippen molar-refractivity contribution in [3.05, 3.63) is 82.9 Å². The van der Waals surface area contributed by atoms with Crippen LogP contribution < -0.4 is 5.32 Å². The summed E-state index contributed by atoms with van der Waals surface area (Å²) in [5.74, 6) is 0. The first-order chi connectivity index (χ1) is 12.6. The van der Waals surface area contributed by atoms with Gasteiger partial charge in [-0.25, -0.2) is 0 Å². The highest BCUT2D eigenvalue weighted by atomic mass is 35.5.